The molecule has 0 aliphatic carbocycles. The minimum atomic E-state index is -0.505. The van der Waals surface area contributed by atoms with Crippen molar-refractivity contribution in [2.75, 3.05) is 32.7 Å². The van der Waals surface area contributed by atoms with Gasteiger partial charge in [0.15, 0.2) is 6.10 Å². The van der Waals surface area contributed by atoms with Crippen LogP contribution in [0, 0.1) is 25.2 Å². The first-order valence-corrected chi connectivity index (χ1v) is 9.03. The lowest BCUT2D eigenvalue weighted by Crippen LogP contribution is -2.52. The van der Waals surface area contributed by atoms with E-state index in [1.807, 2.05) is 37.8 Å². The lowest BCUT2D eigenvalue weighted by molar-refractivity contribution is -0.139. The molecule has 1 unspecified atom stereocenters. The van der Waals surface area contributed by atoms with E-state index in [0.29, 0.717) is 19.5 Å². The molecule has 1 saturated heterocycles. The van der Waals surface area contributed by atoms with Gasteiger partial charge < -0.3 is 9.64 Å². The van der Waals surface area contributed by atoms with Gasteiger partial charge >= 0.3 is 0 Å². The van der Waals surface area contributed by atoms with E-state index in [2.05, 4.69) is 26.9 Å². The highest BCUT2D eigenvalue weighted by Gasteiger charge is 2.26. The lowest BCUT2D eigenvalue weighted by atomic mass is 10.1. The molecule has 1 amide bonds. The van der Waals surface area contributed by atoms with Crippen molar-refractivity contribution < 1.29 is 9.53 Å². The summed E-state index contributed by atoms with van der Waals surface area (Å²) in [5, 5.41) is 8.65. The molecule has 0 bridgehead atoms. The largest absolute Gasteiger partial charge is 0.480 e. The number of ether oxygens (including phenoxy) is 1. The van der Waals surface area contributed by atoms with E-state index in [9.17, 15) is 4.79 Å². The van der Waals surface area contributed by atoms with Crippen LogP contribution >= 0.6 is 15.9 Å². The van der Waals surface area contributed by atoms with Crippen LogP contribution in [0.25, 0.3) is 0 Å². The number of nitrogens with zero attached hydrogens (tertiary/aromatic N) is 3. The Morgan fingerprint density at radius 1 is 1.29 bits per heavy atom. The van der Waals surface area contributed by atoms with E-state index >= 15 is 0 Å². The van der Waals surface area contributed by atoms with Crippen molar-refractivity contribution in [1.82, 2.24) is 9.80 Å². The number of aryl methyl sites for hydroxylation is 2. The Bertz CT molecular complexity index is 611. The van der Waals surface area contributed by atoms with Crippen molar-refractivity contribution in [1.29, 1.82) is 5.26 Å². The van der Waals surface area contributed by atoms with Gasteiger partial charge in [0.25, 0.3) is 5.91 Å². The highest BCUT2D eigenvalue weighted by molar-refractivity contribution is 9.10. The second kappa shape index (κ2) is 8.50. The zero-order valence-corrected chi connectivity index (χ0v) is 16.1. The van der Waals surface area contributed by atoms with Crippen LogP contribution in [0.15, 0.2) is 16.6 Å². The molecule has 1 heterocycles. The molecule has 0 aromatic heterocycles. The Labute approximate surface area is 152 Å². The molecule has 130 valence electrons. The normalized spacial score (nSPS) is 16.5. The fraction of sp³-hybridized carbons (Fsp3) is 0.556. The highest BCUT2D eigenvalue weighted by Crippen LogP contribution is 2.28. The number of rotatable bonds is 5. The maximum atomic E-state index is 12.6. The number of hydrogen-bond acceptors (Lipinski definition) is 4. The Morgan fingerprint density at radius 3 is 2.42 bits per heavy atom. The van der Waals surface area contributed by atoms with Crippen molar-refractivity contribution >= 4 is 21.8 Å². The van der Waals surface area contributed by atoms with Gasteiger partial charge in [-0.15, -0.1) is 0 Å². The summed E-state index contributed by atoms with van der Waals surface area (Å²) in [6, 6.07) is 6.15. The van der Waals surface area contributed by atoms with Gasteiger partial charge in [-0.1, -0.05) is 15.9 Å². The molecule has 1 aromatic rings. The van der Waals surface area contributed by atoms with Gasteiger partial charge in [0.05, 0.1) is 6.07 Å². The van der Waals surface area contributed by atoms with Gasteiger partial charge in [0, 0.05) is 43.6 Å². The molecular formula is C18H24BrN3O2. The van der Waals surface area contributed by atoms with E-state index in [1.165, 1.54) is 0 Å². The van der Waals surface area contributed by atoms with E-state index in [4.69, 9.17) is 10.00 Å². The first kappa shape index (κ1) is 18.8. The monoisotopic (exact) mass is 393 g/mol. The zero-order valence-electron chi connectivity index (χ0n) is 14.5. The maximum absolute atomic E-state index is 12.6. The van der Waals surface area contributed by atoms with E-state index in [-0.39, 0.29) is 5.91 Å². The summed E-state index contributed by atoms with van der Waals surface area (Å²) in [5.41, 5.74) is 2.03. The Kier molecular flexibility index (Phi) is 6.64. The summed E-state index contributed by atoms with van der Waals surface area (Å²) < 4.78 is 6.98. The minimum Gasteiger partial charge on any atom is -0.480 e. The molecule has 5 nitrogen and oxygen atoms in total. The Hall–Kier alpha value is -1.58. The highest BCUT2D eigenvalue weighted by atomic mass is 79.9. The molecule has 0 N–H and O–H groups in total. The zero-order chi connectivity index (χ0) is 17.7. The van der Waals surface area contributed by atoms with E-state index in [1.54, 1.807) is 0 Å². The predicted octanol–water partition coefficient (Wildman–Crippen LogP) is 2.89. The molecule has 2 rings (SSSR count). The van der Waals surface area contributed by atoms with Gasteiger partial charge in [0.1, 0.15) is 5.75 Å². The molecule has 0 radical (unpaired) electrons. The molecule has 1 aliphatic rings. The van der Waals surface area contributed by atoms with Crippen molar-refractivity contribution in [3.8, 4) is 11.8 Å². The van der Waals surface area contributed by atoms with Crippen molar-refractivity contribution in [3.05, 3.63) is 27.7 Å². The van der Waals surface area contributed by atoms with Crippen LogP contribution in [0.5, 0.6) is 5.75 Å². The van der Waals surface area contributed by atoms with Gasteiger partial charge in [-0.3, -0.25) is 9.69 Å². The second-order valence-electron chi connectivity index (χ2n) is 6.20. The molecule has 1 aliphatic heterocycles. The molecule has 1 fully saturated rings. The number of halogens is 1. The molecule has 0 spiro atoms. The molecule has 6 heteroatoms. The van der Waals surface area contributed by atoms with Crippen LogP contribution in [0.2, 0.25) is 0 Å². The average Bonchev–Trinajstić information content (AvgIpc) is 2.55. The molecular weight excluding hydrogens is 370 g/mol. The third kappa shape index (κ3) is 4.71. The van der Waals surface area contributed by atoms with Gasteiger partial charge in [0.2, 0.25) is 0 Å². The summed E-state index contributed by atoms with van der Waals surface area (Å²) in [6.45, 7) is 9.57. The topological polar surface area (TPSA) is 56.6 Å². The van der Waals surface area contributed by atoms with Gasteiger partial charge in [-0.2, -0.15) is 5.26 Å². The third-order valence-electron chi connectivity index (χ3n) is 4.29. The van der Waals surface area contributed by atoms with Crippen molar-refractivity contribution in [2.24, 2.45) is 0 Å². The van der Waals surface area contributed by atoms with Crippen molar-refractivity contribution in [2.45, 2.75) is 33.3 Å². The summed E-state index contributed by atoms with van der Waals surface area (Å²) >= 11 is 3.47. The average molecular weight is 394 g/mol. The summed E-state index contributed by atoms with van der Waals surface area (Å²) in [7, 11) is 0. The molecule has 1 aromatic carbocycles. The SMILES string of the molecule is Cc1cc(Br)cc(C)c1OC(C)C(=O)N1CCN(CCC#N)CC1. The smallest absolute Gasteiger partial charge is 0.263 e. The van der Waals surface area contributed by atoms with Crippen LogP contribution in [0.4, 0.5) is 0 Å². The van der Waals surface area contributed by atoms with Crippen LogP contribution in [-0.2, 0) is 4.79 Å². The fourth-order valence-corrected chi connectivity index (χ4v) is 3.65. The first-order chi connectivity index (χ1) is 11.4. The van der Waals surface area contributed by atoms with Crippen molar-refractivity contribution in [3.63, 3.8) is 0 Å². The molecule has 0 saturated carbocycles. The number of hydrogen-bond donors (Lipinski definition) is 0. The first-order valence-electron chi connectivity index (χ1n) is 8.24. The van der Waals surface area contributed by atoms with Crippen LogP contribution < -0.4 is 4.74 Å². The number of piperazine rings is 1. The summed E-state index contributed by atoms with van der Waals surface area (Å²) in [6.07, 6.45) is 0.0319. The number of carbonyl (C=O) groups is 1. The third-order valence-corrected chi connectivity index (χ3v) is 4.75. The fourth-order valence-electron chi connectivity index (χ4n) is 2.97. The molecule has 24 heavy (non-hydrogen) atoms. The second-order valence-corrected chi connectivity index (χ2v) is 7.12. The number of benzene rings is 1. The number of carbonyl (C=O) groups excluding carboxylic acids is 1. The van der Waals surface area contributed by atoms with Crippen LogP contribution in [0.3, 0.4) is 0 Å². The Morgan fingerprint density at radius 2 is 1.88 bits per heavy atom. The van der Waals surface area contributed by atoms with Crippen LogP contribution in [-0.4, -0.2) is 54.5 Å². The van der Waals surface area contributed by atoms with E-state index < -0.39 is 6.10 Å². The lowest BCUT2D eigenvalue weighted by Gasteiger charge is -2.35. The molecule has 1 atom stereocenters. The van der Waals surface area contributed by atoms with Gasteiger partial charge in [-0.05, 0) is 44.0 Å². The van der Waals surface area contributed by atoms with E-state index in [0.717, 1.165) is 41.0 Å². The quantitative estimate of drug-likeness (QED) is 0.771. The van der Waals surface area contributed by atoms with Crippen LogP contribution in [0.1, 0.15) is 24.5 Å². The Balaban J connectivity index is 1.93. The minimum absolute atomic E-state index is 0.0247. The standard InChI is InChI=1S/C18H24BrN3O2/c1-13-11-16(19)12-14(2)17(13)24-15(3)18(23)22-9-7-21(8-10-22)6-4-5-20/h11-12,15H,4,6-10H2,1-3H3. The summed E-state index contributed by atoms with van der Waals surface area (Å²) in [4.78, 5) is 16.7. The summed E-state index contributed by atoms with van der Waals surface area (Å²) in [5.74, 6) is 0.809. The predicted molar refractivity (Wildman–Crippen MR) is 97.0 cm³/mol. The maximum Gasteiger partial charge on any atom is 0.263 e. The van der Waals surface area contributed by atoms with Gasteiger partial charge in [-0.25, -0.2) is 0 Å². The number of amides is 1. The number of nitriles is 1.